The molecule has 0 aliphatic carbocycles. The second-order valence-corrected chi connectivity index (χ2v) is 6.03. The van der Waals surface area contributed by atoms with Gasteiger partial charge in [-0.2, -0.15) is 0 Å². The number of benzene rings is 2. The standard InChI is InChI=1S/C19H16ClN3O3/c1-13-17(12-21-26-19(25)14-8-10-15(20)11-9-14)18(24)23(22(13)2)16-6-4-3-5-7-16/h3-12H,1-2H3. The Hall–Kier alpha value is -3.12. The first-order valence-corrected chi connectivity index (χ1v) is 8.21. The smallest absolute Gasteiger partial charge is 0.313 e. The molecule has 0 N–H and O–H groups in total. The van der Waals surface area contributed by atoms with Crippen LogP contribution in [0, 0.1) is 6.92 Å². The summed E-state index contributed by atoms with van der Waals surface area (Å²) in [6, 6.07) is 15.5. The van der Waals surface area contributed by atoms with Gasteiger partial charge in [-0.3, -0.25) is 9.48 Å². The Morgan fingerprint density at radius 1 is 1.12 bits per heavy atom. The third-order valence-corrected chi connectivity index (χ3v) is 4.25. The molecule has 0 spiro atoms. The lowest BCUT2D eigenvalue weighted by molar-refractivity contribution is 0.0519. The summed E-state index contributed by atoms with van der Waals surface area (Å²) in [6.07, 6.45) is 1.25. The second kappa shape index (κ2) is 7.41. The third kappa shape index (κ3) is 3.45. The molecule has 0 bridgehead atoms. The van der Waals surface area contributed by atoms with Crippen LogP contribution in [0.1, 0.15) is 21.6 Å². The van der Waals surface area contributed by atoms with Gasteiger partial charge in [-0.15, -0.1) is 0 Å². The topological polar surface area (TPSA) is 65.6 Å². The van der Waals surface area contributed by atoms with E-state index in [9.17, 15) is 9.59 Å². The average Bonchev–Trinajstić information content (AvgIpc) is 2.86. The summed E-state index contributed by atoms with van der Waals surface area (Å²) < 4.78 is 3.25. The van der Waals surface area contributed by atoms with Crippen molar-refractivity contribution in [3.8, 4) is 5.69 Å². The Bertz CT molecular complexity index is 1020. The maximum atomic E-state index is 12.7. The van der Waals surface area contributed by atoms with Crippen molar-refractivity contribution in [3.05, 3.63) is 86.8 Å². The second-order valence-electron chi connectivity index (χ2n) is 5.60. The fourth-order valence-electron chi connectivity index (χ4n) is 2.50. The van der Waals surface area contributed by atoms with E-state index in [-0.39, 0.29) is 5.56 Å². The molecule has 0 atom stereocenters. The van der Waals surface area contributed by atoms with Crippen LogP contribution in [0.15, 0.2) is 64.5 Å². The molecule has 1 heterocycles. The fraction of sp³-hybridized carbons (Fsp3) is 0.105. The Morgan fingerprint density at radius 2 is 1.77 bits per heavy atom. The highest BCUT2D eigenvalue weighted by atomic mass is 35.5. The Labute approximate surface area is 154 Å². The zero-order valence-electron chi connectivity index (χ0n) is 14.2. The molecule has 0 saturated heterocycles. The minimum atomic E-state index is -0.630. The molecular formula is C19H16ClN3O3. The van der Waals surface area contributed by atoms with Gasteiger partial charge in [0.15, 0.2) is 0 Å². The summed E-state index contributed by atoms with van der Waals surface area (Å²) in [5.74, 6) is -0.630. The van der Waals surface area contributed by atoms with Gasteiger partial charge in [-0.25, -0.2) is 9.48 Å². The van der Waals surface area contributed by atoms with E-state index >= 15 is 0 Å². The van der Waals surface area contributed by atoms with Gasteiger partial charge in [0.2, 0.25) is 0 Å². The van der Waals surface area contributed by atoms with Crippen molar-refractivity contribution in [2.75, 3.05) is 0 Å². The minimum Gasteiger partial charge on any atom is -0.313 e. The minimum absolute atomic E-state index is 0.248. The molecule has 0 saturated carbocycles. The van der Waals surface area contributed by atoms with Crippen LogP contribution in [-0.2, 0) is 11.9 Å². The van der Waals surface area contributed by atoms with E-state index < -0.39 is 5.97 Å². The van der Waals surface area contributed by atoms with E-state index in [0.29, 0.717) is 21.8 Å². The highest BCUT2D eigenvalue weighted by Gasteiger charge is 2.15. The lowest BCUT2D eigenvalue weighted by Gasteiger charge is -2.07. The molecule has 0 amide bonds. The van der Waals surface area contributed by atoms with Crippen LogP contribution >= 0.6 is 11.6 Å². The van der Waals surface area contributed by atoms with Crippen LogP contribution in [0.4, 0.5) is 0 Å². The van der Waals surface area contributed by atoms with Gasteiger partial charge in [-0.1, -0.05) is 35.0 Å². The number of hydrogen-bond acceptors (Lipinski definition) is 4. The monoisotopic (exact) mass is 369 g/mol. The number of rotatable bonds is 4. The average molecular weight is 370 g/mol. The lowest BCUT2D eigenvalue weighted by Crippen LogP contribution is -2.20. The van der Waals surface area contributed by atoms with Crippen molar-refractivity contribution in [2.45, 2.75) is 6.92 Å². The van der Waals surface area contributed by atoms with Gasteiger partial charge in [0, 0.05) is 17.8 Å². The number of halogens is 1. The van der Waals surface area contributed by atoms with Gasteiger partial charge in [0.1, 0.15) is 0 Å². The van der Waals surface area contributed by atoms with Gasteiger partial charge < -0.3 is 4.84 Å². The number of para-hydroxylation sites is 1. The molecule has 0 aliphatic heterocycles. The SMILES string of the molecule is Cc1c(C=NOC(=O)c2ccc(Cl)cc2)c(=O)n(-c2ccccc2)n1C. The van der Waals surface area contributed by atoms with Crippen LogP contribution in [0.5, 0.6) is 0 Å². The molecule has 0 radical (unpaired) electrons. The quantitative estimate of drug-likeness (QED) is 0.402. The van der Waals surface area contributed by atoms with Crippen molar-refractivity contribution in [1.82, 2.24) is 9.36 Å². The predicted molar refractivity (Wildman–Crippen MR) is 100 cm³/mol. The number of carbonyl (C=O) groups is 1. The van der Waals surface area contributed by atoms with Crippen LogP contribution in [0.2, 0.25) is 5.02 Å². The molecule has 3 aromatic rings. The van der Waals surface area contributed by atoms with Crippen molar-refractivity contribution < 1.29 is 9.63 Å². The van der Waals surface area contributed by atoms with Crippen LogP contribution < -0.4 is 5.56 Å². The zero-order chi connectivity index (χ0) is 18.7. The first kappa shape index (κ1) is 17.7. The highest BCUT2D eigenvalue weighted by molar-refractivity contribution is 6.30. The number of carbonyl (C=O) groups excluding carboxylic acids is 1. The lowest BCUT2D eigenvalue weighted by atomic mass is 10.2. The Morgan fingerprint density at radius 3 is 2.42 bits per heavy atom. The first-order valence-electron chi connectivity index (χ1n) is 7.83. The Balaban J connectivity index is 1.84. The van der Waals surface area contributed by atoms with Crippen LogP contribution in [0.25, 0.3) is 5.69 Å². The third-order valence-electron chi connectivity index (χ3n) is 4.00. The van der Waals surface area contributed by atoms with E-state index in [0.717, 1.165) is 5.69 Å². The van der Waals surface area contributed by atoms with Gasteiger partial charge >= 0.3 is 5.97 Å². The van der Waals surface area contributed by atoms with E-state index in [1.807, 2.05) is 30.3 Å². The molecule has 132 valence electrons. The summed E-state index contributed by atoms with van der Waals surface area (Å²) in [6.45, 7) is 1.79. The number of nitrogens with zero attached hydrogens (tertiary/aromatic N) is 3. The molecule has 0 unspecified atom stereocenters. The van der Waals surface area contributed by atoms with Crippen LogP contribution in [0.3, 0.4) is 0 Å². The van der Waals surface area contributed by atoms with Gasteiger partial charge in [-0.05, 0) is 43.3 Å². The van der Waals surface area contributed by atoms with E-state index in [4.69, 9.17) is 16.4 Å². The molecule has 26 heavy (non-hydrogen) atoms. The van der Waals surface area contributed by atoms with Crippen molar-refractivity contribution in [1.29, 1.82) is 0 Å². The molecule has 7 heteroatoms. The van der Waals surface area contributed by atoms with Crippen molar-refractivity contribution in [3.63, 3.8) is 0 Å². The summed E-state index contributed by atoms with van der Waals surface area (Å²) in [7, 11) is 1.78. The predicted octanol–water partition coefficient (Wildman–Crippen LogP) is 3.33. The number of oxime groups is 1. The maximum absolute atomic E-state index is 12.7. The molecule has 3 rings (SSSR count). The van der Waals surface area contributed by atoms with Gasteiger partial charge in [0.05, 0.1) is 23.0 Å². The Kier molecular flexibility index (Phi) is 5.04. The van der Waals surface area contributed by atoms with Crippen molar-refractivity contribution in [2.24, 2.45) is 12.2 Å². The van der Waals surface area contributed by atoms with Gasteiger partial charge in [0.25, 0.3) is 5.56 Å². The highest BCUT2D eigenvalue weighted by Crippen LogP contribution is 2.11. The normalized spacial score (nSPS) is 11.0. The first-order chi connectivity index (χ1) is 12.5. The number of aromatic nitrogens is 2. The largest absolute Gasteiger partial charge is 0.365 e. The summed E-state index contributed by atoms with van der Waals surface area (Å²) >= 11 is 5.78. The summed E-state index contributed by atoms with van der Waals surface area (Å²) in [5.41, 5.74) is 1.85. The van der Waals surface area contributed by atoms with E-state index in [2.05, 4.69) is 5.16 Å². The summed E-state index contributed by atoms with van der Waals surface area (Å²) in [4.78, 5) is 29.5. The van der Waals surface area contributed by atoms with E-state index in [1.54, 1.807) is 30.8 Å². The van der Waals surface area contributed by atoms with E-state index in [1.165, 1.54) is 23.0 Å². The molecule has 6 nitrogen and oxygen atoms in total. The van der Waals surface area contributed by atoms with Crippen molar-refractivity contribution >= 4 is 23.8 Å². The molecule has 0 fully saturated rings. The fourth-order valence-corrected chi connectivity index (χ4v) is 2.63. The molecular weight excluding hydrogens is 354 g/mol. The zero-order valence-corrected chi connectivity index (χ0v) is 15.0. The van der Waals surface area contributed by atoms with Crippen LogP contribution in [-0.4, -0.2) is 21.5 Å². The molecule has 1 aromatic heterocycles. The maximum Gasteiger partial charge on any atom is 0.365 e. The molecule has 0 aliphatic rings. The molecule has 2 aromatic carbocycles. The number of hydrogen-bond donors (Lipinski definition) is 0. The summed E-state index contributed by atoms with van der Waals surface area (Å²) in [5, 5.41) is 4.20.